The zero-order chi connectivity index (χ0) is 19.3. The summed E-state index contributed by atoms with van der Waals surface area (Å²) in [5, 5.41) is 3.46. The van der Waals surface area contributed by atoms with Crippen LogP contribution in [0, 0.1) is 23.2 Å². The van der Waals surface area contributed by atoms with Crippen LogP contribution in [0.15, 0.2) is 29.8 Å². The first kappa shape index (κ1) is 18.0. The lowest BCUT2D eigenvalue weighted by molar-refractivity contribution is -0.145. The van der Waals surface area contributed by atoms with E-state index >= 15 is 0 Å². The number of carbonyl (C=O) groups is 1. The molecule has 1 aromatic rings. The molecular formula is C23H29NO4. The van der Waals surface area contributed by atoms with Crippen molar-refractivity contribution in [2.24, 2.45) is 23.2 Å². The molecule has 0 bridgehead atoms. The number of allylic oxidation sites excluding steroid dienone is 1. The third-order valence-electron chi connectivity index (χ3n) is 7.21. The molecule has 2 heterocycles. The summed E-state index contributed by atoms with van der Waals surface area (Å²) >= 11 is 0. The van der Waals surface area contributed by atoms with Gasteiger partial charge in [0.2, 0.25) is 6.79 Å². The summed E-state index contributed by atoms with van der Waals surface area (Å²) in [4.78, 5) is 12.6. The van der Waals surface area contributed by atoms with Crippen LogP contribution in [0.2, 0.25) is 0 Å². The van der Waals surface area contributed by atoms with Gasteiger partial charge in [0.05, 0.1) is 5.92 Å². The van der Waals surface area contributed by atoms with Crippen molar-refractivity contribution < 1.29 is 19.0 Å². The van der Waals surface area contributed by atoms with E-state index in [1.54, 1.807) is 5.57 Å². The average molecular weight is 383 g/mol. The summed E-state index contributed by atoms with van der Waals surface area (Å²) < 4.78 is 16.6. The van der Waals surface area contributed by atoms with E-state index in [1.807, 2.05) is 18.2 Å². The number of benzene rings is 1. The lowest BCUT2D eigenvalue weighted by Crippen LogP contribution is -2.40. The molecule has 0 spiro atoms. The fourth-order valence-corrected chi connectivity index (χ4v) is 5.70. The second kappa shape index (κ2) is 6.80. The standard InChI is InChI=1S/C23H29NO4/c1-14-4-3-7-23(2)10-21-16(9-18(14)23)17(22(25)28-21)12-24-11-15-5-6-19-20(8-15)27-13-26-19/h5-6,8-9,14,16-17,21,24H,3-4,7,10-13H2,1-2H3/t14-,16+,17?,21+,23+/m0/s1. The number of rotatable bonds is 4. The topological polar surface area (TPSA) is 56.8 Å². The molecule has 1 saturated heterocycles. The summed E-state index contributed by atoms with van der Waals surface area (Å²) in [6.07, 6.45) is 7.20. The molecule has 5 rings (SSSR count). The van der Waals surface area contributed by atoms with Crippen molar-refractivity contribution in [1.82, 2.24) is 5.32 Å². The third-order valence-corrected chi connectivity index (χ3v) is 7.21. The van der Waals surface area contributed by atoms with Crippen LogP contribution in [-0.2, 0) is 16.1 Å². The Labute approximate surface area is 166 Å². The highest BCUT2D eigenvalue weighted by Crippen LogP contribution is 2.53. The zero-order valence-electron chi connectivity index (χ0n) is 16.7. The molecule has 1 saturated carbocycles. The predicted molar refractivity (Wildman–Crippen MR) is 105 cm³/mol. The van der Waals surface area contributed by atoms with Crippen molar-refractivity contribution >= 4 is 5.97 Å². The number of fused-ring (bicyclic) bond motifs is 3. The minimum Gasteiger partial charge on any atom is -0.461 e. The second-order valence-electron chi connectivity index (χ2n) is 9.16. The monoisotopic (exact) mass is 383 g/mol. The lowest BCUT2D eigenvalue weighted by atomic mass is 9.59. The Bertz CT molecular complexity index is 819. The molecule has 1 aromatic carbocycles. The Morgan fingerprint density at radius 1 is 1.25 bits per heavy atom. The Morgan fingerprint density at radius 2 is 2.11 bits per heavy atom. The molecule has 150 valence electrons. The Morgan fingerprint density at radius 3 is 3.00 bits per heavy atom. The van der Waals surface area contributed by atoms with Crippen molar-refractivity contribution in [1.29, 1.82) is 0 Å². The minimum absolute atomic E-state index is 0.0417. The molecule has 5 nitrogen and oxygen atoms in total. The summed E-state index contributed by atoms with van der Waals surface area (Å²) in [6.45, 7) is 6.33. The summed E-state index contributed by atoms with van der Waals surface area (Å²) in [6, 6.07) is 5.98. The van der Waals surface area contributed by atoms with Gasteiger partial charge in [0.25, 0.3) is 0 Å². The van der Waals surface area contributed by atoms with Gasteiger partial charge in [0.1, 0.15) is 6.10 Å². The van der Waals surface area contributed by atoms with E-state index < -0.39 is 0 Å². The fourth-order valence-electron chi connectivity index (χ4n) is 5.70. The van der Waals surface area contributed by atoms with E-state index in [4.69, 9.17) is 14.2 Å². The largest absolute Gasteiger partial charge is 0.461 e. The summed E-state index contributed by atoms with van der Waals surface area (Å²) in [7, 11) is 0. The van der Waals surface area contributed by atoms with Gasteiger partial charge >= 0.3 is 5.97 Å². The van der Waals surface area contributed by atoms with Gasteiger partial charge in [0.15, 0.2) is 11.5 Å². The number of ether oxygens (including phenoxy) is 3. The maximum atomic E-state index is 12.6. The molecule has 2 aliphatic carbocycles. The second-order valence-corrected chi connectivity index (χ2v) is 9.16. The van der Waals surface area contributed by atoms with Gasteiger partial charge in [-0.15, -0.1) is 0 Å². The van der Waals surface area contributed by atoms with Gasteiger partial charge in [0, 0.05) is 19.0 Å². The quantitative estimate of drug-likeness (QED) is 0.633. The molecule has 28 heavy (non-hydrogen) atoms. The van der Waals surface area contributed by atoms with E-state index in [0.29, 0.717) is 19.0 Å². The van der Waals surface area contributed by atoms with Crippen LogP contribution in [0.25, 0.3) is 0 Å². The maximum Gasteiger partial charge on any atom is 0.311 e. The number of nitrogens with one attached hydrogen (secondary N) is 1. The normalized spacial score (nSPS) is 35.8. The zero-order valence-corrected chi connectivity index (χ0v) is 16.7. The van der Waals surface area contributed by atoms with Gasteiger partial charge in [-0.3, -0.25) is 4.79 Å². The first-order valence-electron chi connectivity index (χ1n) is 10.6. The molecule has 2 aliphatic heterocycles. The molecule has 2 fully saturated rings. The van der Waals surface area contributed by atoms with E-state index in [1.165, 1.54) is 19.3 Å². The van der Waals surface area contributed by atoms with Crippen molar-refractivity contribution in [2.75, 3.05) is 13.3 Å². The van der Waals surface area contributed by atoms with Crippen molar-refractivity contribution in [3.63, 3.8) is 0 Å². The number of carbonyl (C=O) groups excluding carboxylic acids is 1. The van der Waals surface area contributed by atoms with Crippen LogP contribution in [0.3, 0.4) is 0 Å². The molecule has 1 N–H and O–H groups in total. The third kappa shape index (κ3) is 3.00. The number of hydrogen-bond acceptors (Lipinski definition) is 5. The lowest BCUT2D eigenvalue weighted by Gasteiger charge is -2.46. The predicted octanol–water partition coefficient (Wildman–Crippen LogP) is 3.82. The Balaban J connectivity index is 1.27. The highest BCUT2D eigenvalue weighted by Gasteiger charge is 2.51. The molecule has 0 radical (unpaired) electrons. The maximum absolute atomic E-state index is 12.6. The van der Waals surface area contributed by atoms with Gasteiger partial charge in [-0.2, -0.15) is 0 Å². The van der Waals surface area contributed by atoms with E-state index in [-0.39, 0.29) is 36.1 Å². The average Bonchev–Trinajstić information content (AvgIpc) is 3.24. The molecule has 1 unspecified atom stereocenters. The SMILES string of the molecule is C[C@H]1CCC[C@]2(C)C[C@H]3OC(=O)C(CNCc4ccc5c(c4)OCO5)[C@H]3C=C12. The number of esters is 1. The Kier molecular flexibility index (Phi) is 4.38. The van der Waals surface area contributed by atoms with E-state index in [2.05, 4.69) is 25.2 Å². The van der Waals surface area contributed by atoms with Gasteiger partial charge in [-0.25, -0.2) is 0 Å². The highest BCUT2D eigenvalue weighted by molar-refractivity contribution is 5.76. The van der Waals surface area contributed by atoms with Crippen LogP contribution >= 0.6 is 0 Å². The van der Waals surface area contributed by atoms with Crippen LogP contribution in [0.5, 0.6) is 11.5 Å². The van der Waals surface area contributed by atoms with Crippen molar-refractivity contribution in [3.05, 3.63) is 35.4 Å². The molecule has 0 amide bonds. The Hall–Kier alpha value is -2.01. The van der Waals surface area contributed by atoms with Gasteiger partial charge in [-0.05, 0) is 48.3 Å². The molecule has 5 heteroatoms. The smallest absolute Gasteiger partial charge is 0.311 e. The van der Waals surface area contributed by atoms with Crippen LogP contribution < -0.4 is 14.8 Å². The van der Waals surface area contributed by atoms with Crippen LogP contribution in [0.1, 0.15) is 45.1 Å². The minimum atomic E-state index is -0.0924. The van der Waals surface area contributed by atoms with Crippen molar-refractivity contribution in [3.8, 4) is 11.5 Å². The van der Waals surface area contributed by atoms with Crippen LogP contribution in [-0.4, -0.2) is 25.4 Å². The molecule has 0 aromatic heterocycles. The first-order valence-corrected chi connectivity index (χ1v) is 10.6. The highest BCUT2D eigenvalue weighted by atomic mass is 16.7. The van der Waals surface area contributed by atoms with Crippen molar-refractivity contribution in [2.45, 2.75) is 52.2 Å². The van der Waals surface area contributed by atoms with E-state index in [9.17, 15) is 4.79 Å². The van der Waals surface area contributed by atoms with E-state index in [0.717, 1.165) is 23.5 Å². The van der Waals surface area contributed by atoms with Gasteiger partial charge in [-0.1, -0.05) is 38.0 Å². The molecule has 5 atom stereocenters. The van der Waals surface area contributed by atoms with Gasteiger partial charge < -0.3 is 19.5 Å². The number of hydrogen-bond donors (Lipinski definition) is 1. The first-order chi connectivity index (χ1) is 13.5. The molecule has 4 aliphatic rings. The summed E-state index contributed by atoms with van der Waals surface area (Å²) in [5.41, 5.74) is 2.91. The fraction of sp³-hybridized carbons (Fsp3) is 0.609. The summed E-state index contributed by atoms with van der Waals surface area (Å²) in [5.74, 6) is 2.29. The molecular weight excluding hydrogens is 354 g/mol. The van der Waals surface area contributed by atoms with Crippen LogP contribution in [0.4, 0.5) is 0 Å².